The zero-order valence-corrected chi connectivity index (χ0v) is 15.0. The van der Waals surface area contributed by atoms with Crippen LogP contribution in [0.4, 0.5) is 5.69 Å². The van der Waals surface area contributed by atoms with Gasteiger partial charge in [0.2, 0.25) is 0 Å². The molecule has 1 aromatic heterocycles. The minimum atomic E-state index is -0.532. The molecule has 0 saturated carbocycles. The van der Waals surface area contributed by atoms with Crippen molar-refractivity contribution in [2.45, 2.75) is 6.54 Å². The van der Waals surface area contributed by atoms with E-state index in [1.54, 1.807) is 13.2 Å². The monoisotopic (exact) mass is 386 g/mol. The Hall–Kier alpha value is -3.32. The number of nitro benzene ring substituents is 1. The van der Waals surface area contributed by atoms with E-state index >= 15 is 0 Å². The SMILES string of the molecule is COc1cccc(CNC(=O)c2ccc(-c3ccc([N+](=O)[O-])cc3Cl)o2)c1. The summed E-state index contributed by atoms with van der Waals surface area (Å²) in [5, 5.41) is 13.7. The molecule has 1 amide bonds. The lowest BCUT2D eigenvalue weighted by Crippen LogP contribution is -2.22. The van der Waals surface area contributed by atoms with Gasteiger partial charge in [-0.2, -0.15) is 0 Å². The number of amides is 1. The predicted molar refractivity (Wildman–Crippen MR) is 100.0 cm³/mol. The molecular formula is C19H15ClN2O5. The van der Waals surface area contributed by atoms with Crippen LogP contribution in [0.1, 0.15) is 16.1 Å². The highest BCUT2D eigenvalue weighted by Crippen LogP contribution is 2.32. The molecule has 0 spiro atoms. The normalized spacial score (nSPS) is 10.4. The Bertz CT molecular complexity index is 999. The molecule has 3 aromatic rings. The maximum atomic E-state index is 12.3. The van der Waals surface area contributed by atoms with Crippen LogP contribution < -0.4 is 10.1 Å². The number of furan rings is 1. The van der Waals surface area contributed by atoms with Gasteiger partial charge in [0.15, 0.2) is 5.76 Å². The third kappa shape index (κ3) is 4.27. The number of rotatable bonds is 6. The van der Waals surface area contributed by atoms with Crippen molar-refractivity contribution in [3.63, 3.8) is 0 Å². The topological polar surface area (TPSA) is 94.6 Å². The molecule has 0 saturated heterocycles. The summed E-state index contributed by atoms with van der Waals surface area (Å²) < 4.78 is 10.7. The number of nitrogens with one attached hydrogen (secondary N) is 1. The molecule has 0 unspecified atom stereocenters. The lowest BCUT2D eigenvalue weighted by atomic mass is 10.1. The van der Waals surface area contributed by atoms with Crippen molar-refractivity contribution < 1.29 is 18.9 Å². The standard InChI is InChI=1S/C19H15ClN2O5/c1-26-14-4-2-3-12(9-14)11-21-19(23)18-8-7-17(27-18)15-6-5-13(22(24)25)10-16(15)20/h2-10H,11H2,1H3,(H,21,23). The zero-order chi connectivity index (χ0) is 19.4. The van der Waals surface area contributed by atoms with Crippen LogP contribution in [-0.2, 0) is 6.54 Å². The van der Waals surface area contributed by atoms with Gasteiger partial charge in [0.1, 0.15) is 11.5 Å². The molecule has 0 aliphatic carbocycles. The van der Waals surface area contributed by atoms with Crippen molar-refractivity contribution in [1.82, 2.24) is 5.32 Å². The number of hydrogen-bond donors (Lipinski definition) is 1. The summed E-state index contributed by atoms with van der Waals surface area (Å²) in [6.45, 7) is 0.310. The summed E-state index contributed by atoms with van der Waals surface area (Å²) in [4.78, 5) is 22.5. The van der Waals surface area contributed by atoms with Gasteiger partial charge < -0.3 is 14.5 Å². The molecule has 0 fully saturated rings. The number of nitrogens with zero attached hydrogens (tertiary/aromatic N) is 1. The predicted octanol–water partition coefficient (Wildman–Crippen LogP) is 4.45. The van der Waals surface area contributed by atoms with E-state index in [1.807, 2.05) is 24.3 Å². The Labute approximate surface area is 159 Å². The first-order valence-corrected chi connectivity index (χ1v) is 8.31. The fraction of sp³-hybridized carbons (Fsp3) is 0.105. The summed E-state index contributed by atoms with van der Waals surface area (Å²) in [5.74, 6) is 0.778. The second kappa shape index (κ2) is 7.92. The van der Waals surface area contributed by atoms with Crippen LogP contribution >= 0.6 is 11.6 Å². The van der Waals surface area contributed by atoms with E-state index in [0.717, 1.165) is 5.56 Å². The van der Waals surface area contributed by atoms with Gasteiger partial charge >= 0.3 is 0 Å². The summed E-state index contributed by atoms with van der Waals surface area (Å²) in [7, 11) is 1.57. The first-order chi connectivity index (χ1) is 13.0. The van der Waals surface area contributed by atoms with Gasteiger partial charge in [0.25, 0.3) is 11.6 Å². The van der Waals surface area contributed by atoms with Crippen molar-refractivity contribution >= 4 is 23.2 Å². The molecule has 1 heterocycles. The quantitative estimate of drug-likeness (QED) is 0.499. The van der Waals surface area contributed by atoms with Crippen molar-refractivity contribution in [3.05, 3.63) is 81.1 Å². The molecule has 0 aliphatic rings. The highest BCUT2D eigenvalue weighted by atomic mass is 35.5. The number of carbonyl (C=O) groups excluding carboxylic acids is 1. The average molecular weight is 387 g/mol. The number of ether oxygens (including phenoxy) is 1. The first kappa shape index (κ1) is 18.5. The van der Waals surface area contributed by atoms with Gasteiger partial charge in [-0.25, -0.2) is 0 Å². The van der Waals surface area contributed by atoms with Gasteiger partial charge in [-0.3, -0.25) is 14.9 Å². The van der Waals surface area contributed by atoms with E-state index < -0.39 is 4.92 Å². The third-order valence-electron chi connectivity index (χ3n) is 3.85. The Morgan fingerprint density at radius 3 is 2.74 bits per heavy atom. The Kier molecular flexibility index (Phi) is 5.42. The number of carbonyl (C=O) groups is 1. The average Bonchev–Trinajstić information content (AvgIpc) is 3.16. The summed E-state index contributed by atoms with van der Waals surface area (Å²) in [6.07, 6.45) is 0. The van der Waals surface area contributed by atoms with Crippen molar-refractivity contribution in [1.29, 1.82) is 0 Å². The van der Waals surface area contributed by atoms with Crippen LogP contribution in [0.15, 0.2) is 59.0 Å². The maximum absolute atomic E-state index is 12.3. The van der Waals surface area contributed by atoms with E-state index in [4.69, 9.17) is 20.8 Å². The number of halogens is 1. The van der Waals surface area contributed by atoms with Crippen LogP contribution in [-0.4, -0.2) is 17.9 Å². The molecule has 0 radical (unpaired) electrons. The molecule has 1 N–H and O–H groups in total. The van der Waals surface area contributed by atoms with Gasteiger partial charge in [-0.1, -0.05) is 23.7 Å². The third-order valence-corrected chi connectivity index (χ3v) is 4.16. The minimum Gasteiger partial charge on any atom is -0.497 e. The summed E-state index contributed by atoms with van der Waals surface area (Å²) in [6, 6.07) is 14.5. The van der Waals surface area contributed by atoms with Crippen LogP contribution in [0.25, 0.3) is 11.3 Å². The summed E-state index contributed by atoms with van der Waals surface area (Å²) >= 11 is 6.09. The minimum absolute atomic E-state index is 0.113. The number of methoxy groups -OCH3 is 1. The number of nitro groups is 1. The second-order valence-electron chi connectivity index (χ2n) is 5.62. The Morgan fingerprint density at radius 2 is 2.04 bits per heavy atom. The van der Waals surface area contributed by atoms with E-state index in [-0.39, 0.29) is 22.4 Å². The van der Waals surface area contributed by atoms with Gasteiger partial charge in [0, 0.05) is 24.2 Å². The maximum Gasteiger partial charge on any atom is 0.287 e. The van der Waals surface area contributed by atoms with Gasteiger partial charge in [-0.15, -0.1) is 0 Å². The molecular weight excluding hydrogens is 372 g/mol. The molecule has 7 nitrogen and oxygen atoms in total. The Balaban J connectivity index is 1.71. The number of hydrogen-bond acceptors (Lipinski definition) is 5. The molecule has 0 atom stereocenters. The highest BCUT2D eigenvalue weighted by Gasteiger charge is 2.16. The van der Waals surface area contributed by atoms with Crippen molar-refractivity contribution in [3.8, 4) is 17.1 Å². The van der Waals surface area contributed by atoms with Crippen molar-refractivity contribution in [2.24, 2.45) is 0 Å². The van der Waals surface area contributed by atoms with Crippen LogP contribution in [0, 0.1) is 10.1 Å². The van der Waals surface area contributed by atoms with E-state index in [1.165, 1.54) is 24.3 Å². The second-order valence-corrected chi connectivity index (χ2v) is 6.03. The fourth-order valence-electron chi connectivity index (χ4n) is 2.47. The van der Waals surface area contributed by atoms with Gasteiger partial charge in [-0.05, 0) is 35.9 Å². The molecule has 3 rings (SSSR count). The lowest BCUT2D eigenvalue weighted by molar-refractivity contribution is -0.384. The van der Waals surface area contributed by atoms with Gasteiger partial charge in [0.05, 0.1) is 17.1 Å². The molecule has 0 bridgehead atoms. The molecule has 138 valence electrons. The zero-order valence-electron chi connectivity index (χ0n) is 14.3. The number of benzene rings is 2. The van der Waals surface area contributed by atoms with Crippen LogP contribution in [0.2, 0.25) is 5.02 Å². The molecule has 27 heavy (non-hydrogen) atoms. The Morgan fingerprint density at radius 1 is 1.22 bits per heavy atom. The smallest absolute Gasteiger partial charge is 0.287 e. The molecule has 2 aromatic carbocycles. The number of non-ortho nitro benzene ring substituents is 1. The van der Waals surface area contributed by atoms with E-state index in [9.17, 15) is 14.9 Å². The lowest BCUT2D eigenvalue weighted by Gasteiger charge is -2.06. The summed E-state index contributed by atoms with van der Waals surface area (Å²) in [5.41, 5.74) is 1.23. The molecule has 8 heteroatoms. The highest BCUT2D eigenvalue weighted by molar-refractivity contribution is 6.33. The van der Waals surface area contributed by atoms with Crippen molar-refractivity contribution in [2.75, 3.05) is 7.11 Å². The molecule has 0 aliphatic heterocycles. The van der Waals surface area contributed by atoms with E-state index in [2.05, 4.69) is 5.32 Å². The van der Waals surface area contributed by atoms with Crippen LogP contribution in [0.3, 0.4) is 0 Å². The van der Waals surface area contributed by atoms with Crippen LogP contribution in [0.5, 0.6) is 5.75 Å². The van der Waals surface area contributed by atoms with E-state index in [0.29, 0.717) is 23.6 Å². The first-order valence-electron chi connectivity index (χ1n) is 7.93. The fourth-order valence-corrected chi connectivity index (χ4v) is 2.74. The largest absolute Gasteiger partial charge is 0.497 e.